The van der Waals surface area contributed by atoms with Gasteiger partial charge >= 0.3 is 13.8 Å². The maximum Gasteiger partial charge on any atom is 0.472 e. The minimum Gasteiger partial charge on any atom is -0.457 e. The van der Waals surface area contributed by atoms with Crippen molar-refractivity contribution < 1.29 is 43.0 Å². The van der Waals surface area contributed by atoms with Crippen LogP contribution in [-0.2, 0) is 27.9 Å². The van der Waals surface area contributed by atoms with Crippen molar-refractivity contribution in [1.82, 2.24) is 0 Å². The summed E-state index contributed by atoms with van der Waals surface area (Å²) in [7, 11) is -4.54. The molecule has 0 bridgehead atoms. The molecular formula is C50H85O9P. The van der Waals surface area contributed by atoms with Gasteiger partial charge in [0.15, 0.2) is 0 Å². The molecule has 3 atom stereocenters. The van der Waals surface area contributed by atoms with E-state index in [4.69, 9.17) is 23.6 Å². The van der Waals surface area contributed by atoms with Crippen molar-refractivity contribution in [2.75, 3.05) is 33.0 Å². The Morgan fingerprint density at radius 2 is 0.950 bits per heavy atom. The highest BCUT2D eigenvalue weighted by Gasteiger charge is 2.26. The number of aliphatic hydroxyl groups is 2. The second-order valence-electron chi connectivity index (χ2n) is 15.0. The molecule has 3 unspecified atom stereocenters. The Morgan fingerprint density at radius 3 is 1.43 bits per heavy atom. The van der Waals surface area contributed by atoms with E-state index in [-0.39, 0.29) is 13.0 Å². The summed E-state index contributed by atoms with van der Waals surface area (Å²) < 4.78 is 33.4. The summed E-state index contributed by atoms with van der Waals surface area (Å²) in [6.45, 7) is 3.29. The second kappa shape index (κ2) is 45.9. The monoisotopic (exact) mass is 861 g/mol. The lowest BCUT2D eigenvalue weighted by atomic mass is 10.1. The number of unbranched alkanes of at least 4 members (excludes halogenated alkanes) is 13. The molecule has 0 aliphatic carbocycles. The lowest BCUT2D eigenvalue weighted by molar-refractivity contribution is -0.154. The van der Waals surface area contributed by atoms with E-state index in [2.05, 4.69) is 111 Å². The van der Waals surface area contributed by atoms with Crippen molar-refractivity contribution in [1.29, 1.82) is 0 Å². The molecule has 0 rings (SSSR count). The molecule has 60 heavy (non-hydrogen) atoms. The third-order valence-electron chi connectivity index (χ3n) is 9.25. The standard InChI is InChI=1S/C50H85O9P/c1-3-5-7-9-11-13-15-17-19-20-21-22-23-24-25-26-27-29-31-33-35-37-39-41-43-56-46-49(47-58-60(54,55)57-45-48(52)44-51)59-50(53)42-40-38-36-34-32-30-28-18-16-14-12-10-8-6-4-2/h5,7,11-14,17-19,21-22,24-25,27-29,48-49,51-52H,3-4,6,8-10,15-16,20,23,26,30-47H2,1-2H3,(H,54,55)/b7-5-,13-11-,14-12-,19-17-,22-21-,25-24-,28-18-,29-27-. The highest BCUT2D eigenvalue weighted by molar-refractivity contribution is 7.47. The van der Waals surface area contributed by atoms with Gasteiger partial charge in [0, 0.05) is 13.0 Å². The molecule has 0 aromatic carbocycles. The zero-order valence-corrected chi connectivity index (χ0v) is 38.5. The topological polar surface area (TPSA) is 132 Å². The SMILES string of the molecule is CC/C=C\C/C=C\C/C=C\C/C=C\C/C=C\C/C=C\CCCCCCCOCC(COP(=O)(O)OCC(O)CO)OC(=O)CCCCCCC/C=C\C/C=C\CCCCC. The van der Waals surface area contributed by atoms with Gasteiger partial charge in [-0.1, -0.05) is 162 Å². The van der Waals surface area contributed by atoms with Crippen molar-refractivity contribution in [3.8, 4) is 0 Å². The van der Waals surface area contributed by atoms with Gasteiger partial charge < -0.3 is 24.6 Å². The van der Waals surface area contributed by atoms with E-state index in [9.17, 15) is 19.4 Å². The van der Waals surface area contributed by atoms with Gasteiger partial charge in [0.25, 0.3) is 0 Å². The molecule has 344 valence electrons. The quantitative estimate of drug-likeness (QED) is 0.0237. The van der Waals surface area contributed by atoms with E-state index in [0.717, 1.165) is 116 Å². The lowest BCUT2D eigenvalue weighted by Gasteiger charge is -2.20. The summed E-state index contributed by atoms with van der Waals surface area (Å²) in [6.07, 6.45) is 57.9. The normalized spacial score (nSPS) is 14.8. The second-order valence-corrected chi connectivity index (χ2v) is 16.5. The summed E-state index contributed by atoms with van der Waals surface area (Å²) in [4.78, 5) is 22.6. The highest BCUT2D eigenvalue weighted by atomic mass is 31.2. The first-order valence-electron chi connectivity index (χ1n) is 23.2. The summed E-state index contributed by atoms with van der Waals surface area (Å²) in [5.74, 6) is -0.408. The molecular weight excluding hydrogens is 776 g/mol. The molecule has 10 heteroatoms. The number of rotatable bonds is 43. The van der Waals surface area contributed by atoms with Crippen LogP contribution < -0.4 is 0 Å². The van der Waals surface area contributed by atoms with Crippen LogP contribution in [0, 0.1) is 0 Å². The van der Waals surface area contributed by atoms with Gasteiger partial charge in [0.05, 0.1) is 26.4 Å². The maximum absolute atomic E-state index is 12.6. The number of ether oxygens (including phenoxy) is 2. The molecule has 0 heterocycles. The zero-order chi connectivity index (χ0) is 43.9. The van der Waals surface area contributed by atoms with Crippen LogP contribution in [0.5, 0.6) is 0 Å². The molecule has 0 aromatic heterocycles. The fourth-order valence-electron chi connectivity index (χ4n) is 5.74. The molecule has 0 aromatic rings. The summed E-state index contributed by atoms with van der Waals surface area (Å²) >= 11 is 0. The number of hydrogen-bond acceptors (Lipinski definition) is 8. The predicted octanol–water partition coefficient (Wildman–Crippen LogP) is 13.3. The average Bonchev–Trinajstić information content (AvgIpc) is 3.24. The summed E-state index contributed by atoms with van der Waals surface area (Å²) in [5, 5.41) is 18.4. The van der Waals surface area contributed by atoms with E-state index in [0.29, 0.717) is 13.0 Å². The third kappa shape index (κ3) is 44.9. The molecule has 0 amide bonds. The minimum absolute atomic E-state index is 0.0237. The average molecular weight is 861 g/mol. The van der Waals surface area contributed by atoms with Crippen LogP contribution in [0.4, 0.5) is 0 Å². The number of phosphoric ester groups is 1. The van der Waals surface area contributed by atoms with E-state index >= 15 is 0 Å². The Labute approximate surface area is 366 Å². The lowest BCUT2D eigenvalue weighted by Crippen LogP contribution is -2.29. The maximum atomic E-state index is 12.6. The van der Waals surface area contributed by atoms with Crippen molar-refractivity contribution in [2.45, 2.75) is 180 Å². The van der Waals surface area contributed by atoms with Crippen molar-refractivity contribution in [3.63, 3.8) is 0 Å². The minimum atomic E-state index is -4.54. The molecule has 0 radical (unpaired) electrons. The first-order chi connectivity index (χ1) is 29.3. The Kier molecular flexibility index (Phi) is 43.9. The fraction of sp³-hybridized carbons (Fsp3) is 0.660. The van der Waals surface area contributed by atoms with E-state index < -0.39 is 45.8 Å². The Morgan fingerprint density at radius 1 is 0.533 bits per heavy atom. The predicted molar refractivity (Wildman–Crippen MR) is 251 cm³/mol. The van der Waals surface area contributed by atoms with Crippen LogP contribution in [0.1, 0.15) is 168 Å². The van der Waals surface area contributed by atoms with Crippen molar-refractivity contribution in [2.24, 2.45) is 0 Å². The molecule has 9 nitrogen and oxygen atoms in total. The largest absolute Gasteiger partial charge is 0.472 e. The molecule has 0 aliphatic rings. The first kappa shape index (κ1) is 57.4. The molecule has 0 saturated heterocycles. The van der Waals surface area contributed by atoms with Crippen LogP contribution >= 0.6 is 7.82 Å². The Hall–Kier alpha value is -2.62. The molecule has 0 spiro atoms. The van der Waals surface area contributed by atoms with Gasteiger partial charge in [0.2, 0.25) is 0 Å². The van der Waals surface area contributed by atoms with Gasteiger partial charge in [-0.3, -0.25) is 13.8 Å². The number of allylic oxidation sites excluding steroid dienone is 16. The van der Waals surface area contributed by atoms with Crippen molar-refractivity contribution >= 4 is 13.8 Å². The number of carbonyl (C=O) groups excluding carboxylic acids is 1. The first-order valence-corrected chi connectivity index (χ1v) is 24.7. The number of hydrogen-bond donors (Lipinski definition) is 3. The third-order valence-corrected chi connectivity index (χ3v) is 10.2. The van der Waals surface area contributed by atoms with Gasteiger partial charge in [-0.05, 0) is 96.3 Å². The molecule has 0 fully saturated rings. The van der Waals surface area contributed by atoms with E-state index in [1.54, 1.807) is 0 Å². The van der Waals surface area contributed by atoms with E-state index in [1.807, 2.05) is 0 Å². The zero-order valence-electron chi connectivity index (χ0n) is 37.6. The van der Waals surface area contributed by atoms with Crippen molar-refractivity contribution in [3.05, 3.63) is 97.2 Å². The van der Waals surface area contributed by atoms with Gasteiger partial charge in [0.1, 0.15) is 12.2 Å². The number of aliphatic hydroxyl groups excluding tert-OH is 2. The summed E-state index contributed by atoms with van der Waals surface area (Å²) in [6, 6.07) is 0. The summed E-state index contributed by atoms with van der Waals surface area (Å²) in [5.41, 5.74) is 0. The van der Waals surface area contributed by atoms with Crippen LogP contribution in [0.3, 0.4) is 0 Å². The Bertz CT molecular complexity index is 1250. The van der Waals surface area contributed by atoms with Crippen LogP contribution in [0.15, 0.2) is 97.2 Å². The fourth-order valence-corrected chi connectivity index (χ4v) is 6.53. The molecule has 0 aliphatic heterocycles. The molecule has 0 saturated carbocycles. The van der Waals surface area contributed by atoms with E-state index in [1.165, 1.54) is 25.7 Å². The van der Waals surface area contributed by atoms with Crippen LogP contribution in [0.25, 0.3) is 0 Å². The Balaban J connectivity index is 4.21. The highest BCUT2D eigenvalue weighted by Crippen LogP contribution is 2.43. The molecule has 3 N–H and O–H groups in total. The van der Waals surface area contributed by atoms with Crippen LogP contribution in [0.2, 0.25) is 0 Å². The van der Waals surface area contributed by atoms with Gasteiger partial charge in [-0.15, -0.1) is 0 Å². The number of carbonyl (C=O) groups is 1. The number of esters is 1. The van der Waals surface area contributed by atoms with Crippen LogP contribution in [-0.4, -0.2) is 66.3 Å². The van der Waals surface area contributed by atoms with Gasteiger partial charge in [-0.25, -0.2) is 4.57 Å². The number of phosphoric acid groups is 1. The van der Waals surface area contributed by atoms with Gasteiger partial charge in [-0.2, -0.15) is 0 Å². The smallest absolute Gasteiger partial charge is 0.457 e.